The van der Waals surface area contributed by atoms with E-state index in [0.29, 0.717) is 17.0 Å². The number of aryl methyl sites for hydroxylation is 2. The van der Waals surface area contributed by atoms with Crippen molar-refractivity contribution in [2.24, 2.45) is 0 Å². The summed E-state index contributed by atoms with van der Waals surface area (Å²) in [5.74, 6) is 1.43. The van der Waals surface area contributed by atoms with Crippen LogP contribution in [0.5, 0.6) is 0 Å². The molecule has 2 N–H and O–H groups in total. The third-order valence-corrected chi connectivity index (χ3v) is 4.33. The Hall–Kier alpha value is -1.81. The molecule has 1 fully saturated rings. The van der Waals surface area contributed by atoms with Crippen LogP contribution < -0.4 is 10.6 Å². The largest absolute Gasteiger partial charge is 0.351 e. The first-order valence-electron chi connectivity index (χ1n) is 7.75. The lowest BCUT2D eigenvalue weighted by Crippen LogP contribution is -2.16. The number of anilines is 3. The summed E-state index contributed by atoms with van der Waals surface area (Å²) in [5, 5.41) is 7.43. The Labute approximate surface area is 136 Å². The number of nitrogens with one attached hydrogen (secondary N) is 2. The number of benzene rings is 1. The lowest BCUT2D eigenvalue weighted by molar-refractivity contribution is 0.744. The highest BCUT2D eigenvalue weighted by molar-refractivity contribution is 6.33. The highest BCUT2D eigenvalue weighted by atomic mass is 35.5. The summed E-state index contributed by atoms with van der Waals surface area (Å²) in [6.45, 7) is 4.08. The lowest BCUT2D eigenvalue weighted by Gasteiger charge is -2.14. The molecule has 5 heteroatoms. The molecule has 116 valence electrons. The maximum atomic E-state index is 6.34. The van der Waals surface area contributed by atoms with Gasteiger partial charge in [-0.05, 0) is 49.9 Å². The molecule has 0 unspecified atom stereocenters. The van der Waals surface area contributed by atoms with Crippen LogP contribution in [0.25, 0.3) is 0 Å². The van der Waals surface area contributed by atoms with Crippen LogP contribution in [0.1, 0.15) is 36.8 Å². The molecular formula is C17H21ClN4. The van der Waals surface area contributed by atoms with Gasteiger partial charge in [-0.15, -0.1) is 0 Å². The Kier molecular flexibility index (Phi) is 4.48. The molecule has 0 aliphatic heterocycles. The average molecular weight is 317 g/mol. The van der Waals surface area contributed by atoms with E-state index in [2.05, 4.69) is 26.7 Å². The Morgan fingerprint density at radius 1 is 1.18 bits per heavy atom. The van der Waals surface area contributed by atoms with E-state index in [1.807, 2.05) is 26.0 Å². The molecule has 0 spiro atoms. The lowest BCUT2D eigenvalue weighted by atomic mass is 10.1. The molecule has 0 radical (unpaired) electrons. The second kappa shape index (κ2) is 6.53. The van der Waals surface area contributed by atoms with Crippen molar-refractivity contribution < 1.29 is 0 Å². The number of hydrogen-bond donors (Lipinski definition) is 2. The van der Waals surface area contributed by atoms with Gasteiger partial charge in [-0.1, -0.05) is 30.5 Å². The first-order valence-corrected chi connectivity index (χ1v) is 8.13. The average Bonchev–Trinajstić information content (AvgIpc) is 2.96. The van der Waals surface area contributed by atoms with Crippen molar-refractivity contribution in [2.45, 2.75) is 45.6 Å². The van der Waals surface area contributed by atoms with E-state index in [9.17, 15) is 0 Å². The molecule has 1 heterocycles. The van der Waals surface area contributed by atoms with Crippen molar-refractivity contribution in [1.82, 2.24) is 9.97 Å². The fraction of sp³-hybridized carbons (Fsp3) is 0.412. The molecular weight excluding hydrogens is 296 g/mol. The highest BCUT2D eigenvalue weighted by Gasteiger charge is 2.15. The molecule has 1 aliphatic carbocycles. The summed E-state index contributed by atoms with van der Waals surface area (Å²) < 4.78 is 0. The van der Waals surface area contributed by atoms with E-state index >= 15 is 0 Å². The van der Waals surface area contributed by atoms with Crippen LogP contribution in [-0.2, 0) is 0 Å². The third kappa shape index (κ3) is 3.50. The number of hydrogen-bond acceptors (Lipinski definition) is 4. The summed E-state index contributed by atoms with van der Waals surface area (Å²) >= 11 is 6.34. The first kappa shape index (κ1) is 15.1. The second-order valence-electron chi connectivity index (χ2n) is 5.95. The van der Waals surface area contributed by atoms with Gasteiger partial charge in [0, 0.05) is 12.2 Å². The maximum Gasteiger partial charge on any atom is 0.224 e. The van der Waals surface area contributed by atoms with Gasteiger partial charge in [0.05, 0.1) is 10.7 Å². The summed E-state index contributed by atoms with van der Waals surface area (Å²) in [6, 6.07) is 6.41. The van der Waals surface area contributed by atoms with Gasteiger partial charge in [0.2, 0.25) is 5.95 Å². The Bertz CT molecular complexity index is 642. The van der Waals surface area contributed by atoms with E-state index in [-0.39, 0.29) is 0 Å². The van der Waals surface area contributed by atoms with Crippen molar-refractivity contribution in [3.63, 3.8) is 0 Å². The van der Waals surface area contributed by atoms with Crippen molar-refractivity contribution in [3.8, 4) is 0 Å². The summed E-state index contributed by atoms with van der Waals surface area (Å²) in [7, 11) is 0. The van der Waals surface area contributed by atoms with Crippen LogP contribution in [0, 0.1) is 13.8 Å². The van der Waals surface area contributed by atoms with Gasteiger partial charge in [-0.3, -0.25) is 0 Å². The van der Waals surface area contributed by atoms with Crippen LogP contribution >= 0.6 is 11.6 Å². The van der Waals surface area contributed by atoms with Gasteiger partial charge in [-0.25, -0.2) is 4.98 Å². The Morgan fingerprint density at radius 2 is 1.95 bits per heavy atom. The van der Waals surface area contributed by atoms with Crippen LogP contribution in [0.4, 0.5) is 17.5 Å². The Morgan fingerprint density at radius 3 is 2.68 bits per heavy atom. The zero-order valence-corrected chi connectivity index (χ0v) is 13.7. The van der Waals surface area contributed by atoms with Crippen molar-refractivity contribution in [1.29, 1.82) is 0 Å². The minimum Gasteiger partial charge on any atom is -0.351 e. The molecule has 1 aliphatic rings. The maximum absolute atomic E-state index is 6.34. The predicted molar refractivity (Wildman–Crippen MR) is 92.1 cm³/mol. The SMILES string of the molecule is Cc1cc(C)c(Nc2ccnc(NC3CCCC3)n2)c(Cl)c1. The summed E-state index contributed by atoms with van der Waals surface area (Å²) in [5.41, 5.74) is 3.16. The Balaban J connectivity index is 1.78. The summed E-state index contributed by atoms with van der Waals surface area (Å²) in [6.07, 6.45) is 6.74. The predicted octanol–water partition coefficient (Wildman–Crippen LogP) is 4.84. The molecule has 22 heavy (non-hydrogen) atoms. The normalized spacial score (nSPS) is 15.0. The third-order valence-electron chi connectivity index (χ3n) is 4.03. The number of nitrogens with zero attached hydrogens (tertiary/aromatic N) is 2. The molecule has 1 aromatic heterocycles. The highest BCUT2D eigenvalue weighted by Crippen LogP contribution is 2.30. The van der Waals surface area contributed by atoms with Gasteiger partial charge < -0.3 is 10.6 Å². The zero-order valence-electron chi connectivity index (χ0n) is 13.0. The fourth-order valence-corrected chi connectivity index (χ4v) is 3.32. The van der Waals surface area contributed by atoms with E-state index in [0.717, 1.165) is 22.6 Å². The molecule has 0 atom stereocenters. The number of aromatic nitrogens is 2. The van der Waals surface area contributed by atoms with Crippen LogP contribution in [0.15, 0.2) is 24.4 Å². The van der Waals surface area contributed by atoms with E-state index < -0.39 is 0 Å². The van der Waals surface area contributed by atoms with Gasteiger partial charge >= 0.3 is 0 Å². The van der Waals surface area contributed by atoms with Crippen LogP contribution in [0.3, 0.4) is 0 Å². The molecule has 0 amide bonds. The first-order chi connectivity index (χ1) is 10.6. The van der Waals surface area contributed by atoms with Crippen molar-refractivity contribution in [3.05, 3.63) is 40.5 Å². The molecule has 0 bridgehead atoms. The van der Waals surface area contributed by atoms with Crippen molar-refractivity contribution in [2.75, 3.05) is 10.6 Å². The number of rotatable bonds is 4. The zero-order chi connectivity index (χ0) is 15.5. The van der Waals surface area contributed by atoms with Gasteiger partial charge in [-0.2, -0.15) is 4.98 Å². The topological polar surface area (TPSA) is 49.8 Å². The fourth-order valence-electron chi connectivity index (χ4n) is 2.95. The van der Waals surface area contributed by atoms with Crippen LogP contribution in [0.2, 0.25) is 5.02 Å². The minimum atomic E-state index is 0.500. The monoisotopic (exact) mass is 316 g/mol. The van der Waals surface area contributed by atoms with E-state index in [4.69, 9.17) is 11.6 Å². The van der Waals surface area contributed by atoms with Crippen molar-refractivity contribution >= 4 is 29.1 Å². The quantitative estimate of drug-likeness (QED) is 0.847. The smallest absolute Gasteiger partial charge is 0.224 e. The van der Waals surface area contributed by atoms with Gasteiger partial charge in [0.25, 0.3) is 0 Å². The molecule has 2 aromatic rings. The number of halogens is 1. The summed E-state index contributed by atoms with van der Waals surface area (Å²) in [4.78, 5) is 8.85. The second-order valence-corrected chi connectivity index (χ2v) is 6.36. The van der Waals surface area contributed by atoms with Crippen LogP contribution in [-0.4, -0.2) is 16.0 Å². The molecule has 1 aromatic carbocycles. The molecule has 4 nitrogen and oxygen atoms in total. The minimum absolute atomic E-state index is 0.500. The standard InChI is InChI=1S/C17H21ClN4/c1-11-9-12(2)16(14(18)10-11)21-15-7-8-19-17(22-15)20-13-5-3-4-6-13/h7-10,13H,3-6H2,1-2H3,(H2,19,20,21,22). The van der Waals surface area contributed by atoms with E-state index in [1.165, 1.54) is 25.7 Å². The van der Waals surface area contributed by atoms with E-state index in [1.54, 1.807) is 6.20 Å². The van der Waals surface area contributed by atoms with Gasteiger partial charge in [0.1, 0.15) is 5.82 Å². The molecule has 3 rings (SSSR count). The molecule has 0 saturated heterocycles. The molecule has 1 saturated carbocycles. The van der Waals surface area contributed by atoms with Gasteiger partial charge in [0.15, 0.2) is 0 Å².